The third-order valence-corrected chi connectivity index (χ3v) is 5.25. The fraction of sp³-hybridized carbons (Fsp3) is 0.0435. The molecule has 0 bridgehead atoms. The van der Waals surface area contributed by atoms with E-state index in [1.54, 1.807) is 24.3 Å². The minimum atomic E-state index is -0.764. The van der Waals surface area contributed by atoms with Gasteiger partial charge in [0.15, 0.2) is 5.75 Å². The van der Waals surface area contributed by atoms with Crippen molar-refractivity contribution in [3.05, 3.63) is 87.9 Å². The predicted octanol–water partition coefficient (Wildman–Crippen LogP) is 3.89. The summed E-state index contributed by atoms with van der Waals surface area (Å²) in [5, 5.41) is 13.0. The van der Waals surface area contributed by atoms with E-state index in [0.717, 1.165) is 4.90 Å². The van der Waals surface area contributed by atoms with E-state index in [4.69, 9.17) is 11.6 Å². The highest BCUT2D eigenvalue weighted by atomic mass is 35.5. The zero-order valence-electron chi connectivity index (χ0n) is 16.6. The van der Waals surface area contributed by atoms with E-state index in [-0.39, 0.29) is 38.7 Å². The number of halogens is 1. The number of para-hydroxylation sites is 2. The van der Waals surface area contributed by atoms with Gasteiger partial charge in [-0.25, -0.2) is 9.69 Å². The molecule has 32 heavy (non-hydrogen) atoms. The Labute approximate surface area is 187 Å². The van der Waals surface area contributed by atoms with E-state index >= 15 is 0 Å². The Morgan fingerprint density at radius 2 is 1.69 bits per heavy atom. The molecule has 1 aliphatic heterocycles. The molecule has 0 unspecified atom stereocenters. The average molecular weight is 451 g/mol. The lowest BCUT2D eigenvalue weighted by Crippen LogP contribution is -2.29. The van der Waals surface area contributed by atoms with Crippen molar-refractivity contribution in [3.63, 3.8) is 0 Å². The van der Waals surface area contributed by atoms with Gasteiger partial charge in [-0.3, -0.25) is 14.4 Å². The molecule has 0 saturated heterocycles. The van der Waals surface area contributed by atoms with Gasteiger partial charge in [0.25, 0.3) is 17.7 Å². The summed E-state index contributed by atoms with van der Waals surface area (Å²) in [4.78, 5) is 51.1. The Morgan fingerprint density at radius 3 is 2.41 bits per heavy atom. The van der Waals surface area contributed by atoms with E-state index in [9.17, 15) is 24.3 Å². The van der Waals surface area contributed by atoms with Gasteiger partial charge in [-0.1, -0.05) is 29.8 Å². The number of amides is 3. The zero-order valence-corrected chi connectivity index (χ0v) is 17.3. The quantitative estimate of drug-likeness (QED) is 0.354. The molecule has 0 saturated carbocycles. The Kier molecular flexibility index (Phi) is 5.38. The van der Waals surface area contributed by atoms with Gasteiger partial charge in [-0.15, -0.1) is 0 Å². The molecule has 0 fully saturated rings. The van der Waals surface area contributed by atoms with E-state index in [1.807, 2.05) is 0 Å². The van der Waals surface area contributed by atoms with Crippen LogP contribution in [0.5, 0.6) is 5.75 Å². The predicted molar refractivity (Wildman–Crippen MR) is 116 cm³/mol. The smallest absolute Gasteiger partial charge is 0.341 e. The first kappa shape index (κ1) is 21.1. The molecule has 3 aromatic rings. The summed E-state index contributed by atoms with van der Waals surface area (Å²) in [6.07, 6.45) is 0. The second-order valence-electron chi connectivity index (χ2n) is 6.80. The van der Waals surface area contributed by atoms with Crippen LogP contribution in [-0.4, -0.2) is 35.9 Å². The summed E-state index contributed by atoms with van der Waals surface area (Å²) < 4.78 is 4.59. The number of hydrogen-bond acceptors (Lipinski definition) is 6. The maximum atomic E-state index is 12.9. The molecule has 2 N–H and O–H groups in total. The summed E-state index contributed by atoms with van der Waals surface area (Å²) in [5.41, 5.74) is 0.385. The molecule has 3 aromatic carbocycles. The van der Waals surface area contributed by atoms with Gasteiger partial charge < -0.3 is 15.2 Å². The third kappa shape index (κ3) is 3.46. The number of anilines is 2. The van der Waals surface area contributed by atoms with Crippen LogP contribution in [-0.2, 0) is 4.74 Å². The number of nitrogens with zero attached hydrogens (tertiary/aromatic N) is 1. The fourth-order valence-corrected chi connectivity index (χ4v) is 3.57. The number of imide groups is 1. The number of nitrogens with one attached hydrogen (secondary N) is 1. The number of fused-ring (bicyclic) bond motifs is 1. The van der Waals surface area contributed by atoms with Crippen molar-refractivity contribution in [3.8, 4) is 5.75 Å². The van der Waals surface area contributed by atoms with E-state index in [0.29, 0.717) is 0 Å². The lowest BCUT2D eigenvalue weighted by molar-refractivity contribution is 0.0597. The molecule has 160 valence electrons. The van der Waals surface area contributed by atoms with Crippen molar-refractivity contribution < 1.29 is 29.0 Å². The topological polar surface area (TPSA) is 113 Å². The summed E-state index contributed by atoms with van der Waals surface area (Å²) in [5.74, 6) is -3.02. The van der Waals surface area contributed by atoms with Gasteiger partial charge in [0.1, 0.15) is 5.56 Å². The second-order valence-corrected chi connectivity index (χ2v) is 7.21. The number of hydrogen-bond donors (Lipinski definition) is 2. The van der Waals surface area contributed by atoms with Gasteiger partial charge in [-0.2, -0.15) is 0 Å². The number of aromatic hydroxyl groups is 1. The van der Waals surface area contributed by atoms with Gasteiger partial charge in [0.2, 0.25) is 0 Å². The maximum Gasteiger partial charge on any atom is 0.341 e. The number of ether oxygens (including phenoxy) is 1. The molecular weight excluding hydrogens is 436 g/mol. The number of benzene rings is 3. The van der Waals surface area contributed by atoms with Gasteiger partial charge in [0, 0.05) is 5.56 Å². The first-order valence-corrected chi connectivity index (χ1v) is 9.70. The lowest BCUT2D eigenvalue weighted by atomic mass is 10.0. The molecule has 4 rings (SSSR count). The number of phenols is 1. The molecule has 9 heteroatoms. The first-order valence-electron chi connectivity index (χ1n) is 9.32. The molecule has 8 nitrogen and oxygen atoms in total. The van der Waals surface area contributed by atoms with Crippen LogP contribution < -0.4 is 10.2 Å². The van der Waals surface area contributed by atoms with Crippen LogP contribution in [0.3, 0.4) is 0 Å². The zero-order chi connectivity index (χ0) is 23.0. The van der Waals surface area contributed by atoms with Crippen molar-refractivity contribution >= 4 is 46.7 Å². The highest BCUT2D eigenvalue weighted by molar-refractivity contribution is 6.40. The van der Waals surface area contributed by atoms with E-state index < -0.39 is 29.4 Å². The number of esters is 1. The van der Waals surface area contributed by atoms with Gasteiger partial charge in [-0.05, 0) is 42.5 Å². The van der Waals surface area contributed by atoms with Crippen molar-refractivity contribution in [1.29, 1.82) is 0 Å². The highest BCUT2D eigenvalue weighted by Gasteiger charge is 2.38. The number of methoxy groups -OCH3 is 1. The van der Waals surface area contributed by atoms with Crippen LogP contribution in [0.4, 0.5) is 11.4 Å². The summed E-state index contributed by atoms with van der Waals surface area (Å²) in [6, 6.07) is 14.7. The van der Waals surface area contributed by atoms with Crippen LogP contribution >= 0.6 is 11.6 Å². The van der Waals surface area contributed by atoms with Crippen molar-refractivity contribution in [2.45, 2.75) is 0 Å². The first-order chi connectivity index (χ1) is 15.3. The molecule has 0 atom stereocenters. The molecular formula is C23H15ClN2O6. The second kappa shape index (κ2) is 8.16. The Hall–Kier alpha value is -4.17. The van der Waals surface area contributed by atoms with Crippen molar-refractivity contribution in [2.75, 3.05) is 17.3 Å². The number of carbonyl (C=O) groups excluding carboxylic acids is 4. The minimum absolute atomic E-state index is 0.0153. The van der Waals surface area contributed by atoms with Crippen LogP contribution in [0.15, 0.2) is 60.7 Å². The Morgan fingerprint density at radius 1 is 0.969 bits per heavy atom. The molecule has 0 aliphatic carbocycles. The highest BCUT2D eigenvalue weighted by Crippen LogP contribution is 2.34. The summed E-state index contributed by atoms with van der Waals surface area (Å²) >= 11 is 6.14. The standard InChI is InChI=1S/C23H15ClN2O6/c1-32-23(31)14-5-4-7-17(19(14)27)25-20(28)12-9-10-13-15(11-12)22(30)26(21(13)29)18-8-3-2-6-16(18)24/h2-11,27H,1H3,(H,25,28). The molecule has 0 aromatic heterocycles. The van der Waals surface area contributed by atoms with E-state index in [1.165, 1.54) is 43.5 Å². The van der Waals surface area contributed by atoms with Crippen LogP contribution in [0.1, 0.15) is 41.4 Å². The largest absolute Gasteiger partial charge is 0.505 e. The van der Waals surface area contributed by atoms with Crippen LogP contribution in [0, 0.1) is 0 Å². The van der Waals surface area contributed by atoms with Gasteiger partial charge in [0.05, 0.1) is 34.6 Å². The van der Waals surface area contributed by atoms with Gasteiger partial charge >= 0.3 is 5.97 Å². The molecule has 0 radical (unpaired) electrons. The number of carbonyl (C=O) groups is 4. The Balaban J connectivity index is 1.64. The third-order valence-electron chi connectivity index (χ3n) is 4.93. The summed E-state index contributed by atoms with van der Waals surface area (Å²) in [7, 11) is 1.17. The monoisotopic (exact) mass is 450 g/mol. The molecule has 3 amide bonds. The lowest BCUT2D eigenvalue weighted by Gasteiger charge is -2.15. The number of rotatable bonds is 4. The fourth-order valence-electron chi connectivity index (χ4n) is 3.35. The van der Waals surface area contributed by atoms with Crippen molar-refractivity contribution in [1.82, 2.24) is 0 Å². The SMILES string of the molecule is COC(=O)c1cccc(NC(=O)c2ccc3c(c2)C(=O)N(c2ccccc2Cl)C3=O)c1O. The molecule has 1 aliphatic rings. The van der Waals surface area contributed by atoms with Crippen LogP contribution in [0.2, 0.25) is 5.02 Å². The van der Waals surface area contributed by atoms with E-state index in [2.05, 4.69) is 10.1 Å². The maximum absolute atomic E-state index is 12.9. The molecule has 1 heterocycles. The minimum Gasteiger partial charge on any atom is -0.505 e. The molecule has 0 spiro atoms. The normalized spacial score (nSPS) is 12.5. The van der Waals surface area contributed by atoms with Crippen LogP contribution in [0.25, 0.3) is 0 Å². The summed E-state index contributed by atoms with van der Waals surface area (Å²) in [6.45, 7) is 0. The Bertz CT molecular complexity index is 1300. The van der Waals surface area contributed by atoms with Crippen molar-refractivity contribution in [2.24, 2.45) is 0 Å². The average Bonchev–Trinajstić information content (AvgIpc) is 3.04. The number of phenolic OH excluding ortho intramolecular Hbond substituents is 1.